The lowest BCUT2D eigenvalue weighted by Gasteiger charge is -2.03. The van der Waals surface area contributed by atoms with E-state index >= 15 is 0 Å². The average Bonchev–Trinajstić information content (AvgIpc) is 2.63. The first-order valence-corrected chi connectivity index (χ1v) is 5.49. The number of aryl methyl sites for hydroxylation is 1. The third-order valence-corrected chi connectivity index (χ3v) is 2.04. The summed E-state index contributed by atoms with van der Waals surface area (Å²) < 4.78 is 14.9. The van der Waals surface area contributed by atoms with E-state index in [4.69, 9.17) is 9.47 Å². The topological polar surface area (TPSA) is 27.3 Å². The zero-order chi connectivity index (χ0) is 10.9. The molecule has 86 valence electrons. The van der Waals surface area contributed by atoms with Gasteiger partial charge in [-0.25, -0.2) is 9.13 Å². The molecule has 0 saturated carbocycles. The largest absolute Gasteiger partial charge is 0.379 e. The van der Waals surface area contributed by atoms with Gasteiger partial charge in [-0.1, -0.05) is 6.92 Å². The number of hydrogen-bond donors (Lipinski definition) is 0. The first kappa shape index (κ1) is 12.2. The number of imidazole rings is 1. The molecule has 1 rings (SSSR count). The van der Waals surface area contributed by atoms with Crippen LogP contribution in [0.1, 0.15) is 13.3 Å². The molecule has 4 nitrogen and oxygen atoms in total. The van der Waals surface area contributed by atoms with Gasteiger partial charge < -0.3 is 9.47 Å². The van der Waals surface area contributed by atoms with Crippen LogP contribution in [0, 0.1) is 0 Å². The van der Waals surface area contributed by atoms with Gasteiger partial charge in [0, 0.05) is 6.61 Å². The molecule has 0 aliphatic heterocycles. The Hall–Kier alpha value is -0.870. The molecule has 1 aromatic heterocycles. The number of rotatable bonds is 8. The second-order valence-electron chi connectivity index (χ2n) is 3.54. The summed E-state index contributed by atoms with van der Waals surface area (Å²) in [7, 11) is 2.01. The molecule has 0 aliphatic rings. The lowest BCUT2D eigenvalue weighted by atomic mass is 10.5. The second kappa shape index (κ2) is 7.43. The van der Waals surface area contributed by atoms with Crippen molar-refractivity contribution in [2.75, 3.05) is 26.4 Å². The smallest absolute Gasteiger partial charge is 0.243 e. The van der Waals surface area contributed by atoms with Gasteiger partial charge in [-0.05, 0) is 6.42 Å². The molecule has 0 bridgehead atoms. The van der Waals surface area contributed by atoms with E-state index in [9.17, 15) is 0 Å². The molecule has 0 atom stereocenters. The minimum absolute atomic E-state index is 0.688. The molecule has 15 heavy (non-hydrogen) atoms. The van der Waals surface area contributed by atoms with Crippen LogP contribution < -0.4 is 4.57 Å². The molecule has 0 radical (unpaired) electrons. The summed E-state index contributed by atoms with van der Waals surface area (Å²) >= 11 is 0. The van der Waals surface area contributed by atoms with E-state index in [1.165, 1.54) is 0 Å². The molecule has 4 heteroatoms. The Labute approximate surface area is 91.4 Å². The SMILES string of the molecule is CCCOCCOCCn1cc[n+](C)c1. The van der Waals surface area contributed by atoms with Crippen LogP contribution in [0.4, 0.5) is 0 Å². The highest BCUT2D eigenvalue weighted by molar-refractivity contribution is 4.65. The van der Waals surface area contributed by atoms with Crippen LogP contribution in [-0.4, -0.2) is 31.0 Å². The Bertz CT molecular complexity index is 261. The first-order chi connectivity index (χ1) is 7.33. The number of ether oxygens (including phenoxy) is 2. The zero-order valence-corrected chi connectivity index (χ0v) is 9.69. The van der Waals surface area contributed by atoms with Crippen molar-refractivity contribution in [3.8, 4) is 0 Å². The van der Waals surface area contributed by atoms with E-state index in [2.05, 4.69) is 11.5 Å². The standard InChI is InChI=1S/C11H21N2O2/c1-3-7-14-9-10-15-8-6-13-5-4-12(2)11-13/h4-5,11H,3,6-10H2,1-2H3/q+1. The predicted molar refractivity (Wildman–Crippen MR) is 57.5 cm³/mol. The van der Waals surface area contributed by atoms with Gasteiger partial charge in [0.1, 0.15) is 18.9 Å². The third-order valence-electron chi connectivity index (χ3n) is 2.04. The maximum Gasteiger partial charge on any atom is 0.243 e. The highest BCUT2D eigenvalue weighted by atomic mass is 16.5. The summed E-state index contributed by atoms with van der Waals surface area (Å²) in [5.74, 6) is 0. The molecule has 0 unspecified atom stereocenters. The zero-order valence-electron chi connectivity index (χ0n) is 9.69. The van der Waals surface area contributed by atoms with Crippen molar-refractivity contribution in [1.82, 2.24) is 4.57 Å². The number of aromatic nitrogens is 2. The summed E-state index contributed by atoms with van der Waals surface area (Å²) in [5, 5.41) is 0. The monoisotopic (exact) mass is 213 g/mol. The lowest BCUT2D eigenvalue weighted by molar-refractivity contribution is -0.671. The molecule has 0 saturated heterocycles. The van der Waals surface area contributed by atoms with Gasteiger partial charge in [0.15, 0.2) is 0 Å². The summed E-state index contributed by atoms with van der Waals surface area (Å²) in [4.78, 5) is 0. The summed E-state index contributed by atoms with van der Waals surface area (Å²) in [5.41, 5.74) is 0. The van der Waals surface area contributed by atoms with Crippen molar-refractivity contribution in [3.63, 3.8) is 0 Å². The van der Waals surface area contributed by atoms with Crippen LogP contribution >= 0.6 is 0 Å². The highest BCUT2D eigenvalue weighted by Crippen LogP contribution is 1.86. The first-order valence-electron chi connectivity index (χ1n) is 5.49. The van der Waals surface area contributed by atoms with Gasteiger partial charge in [0.05, 0.1) is 26.9 Å². The average molecular weight is 213 g/mol. The van der Waals surface area contributed by atoms with E-state index in [1.54, 1.807) is 0 Å². The Morgan fingerprint density at radius 3 is 2.47 bits per heavy atom. The normalized spacial score (nSPS) is 10.8. The minimum Gasteiger partial charge on any atom is -0.379 e. The Kier molecular flexibility index (Phi) is 6.04. The molecule has 0 fully saturated rings. The molecule has 1 heterocycles. The van der Waals surface area contributed by atoms with Crippen LogP contribution in [0.3, 0.4) is 0 Å². The fourth-order valence-electron chi connectivity index (χ4n) is 1.27. The Morgan fingerprint density at radius 2 is 1.87 bits per heavy atom. The van der Waals surface area contributed by atoms with Crippen molar-refractivity contribution in [1.29, 1.82) is 0 Å². The Morgan fingerprint density at radius 1 is 1.13 bits per heavy atom. The third kappa shape index (κ3) is 5.54. The summed E-state index contributed by atoms with van der Waals surface area (Å²) in [6.07, 6.45) is 7.16. The van der Waals surface area contributed by atoms with E-state index in [-0.39, 0.29) is 0 Å². The van der Waals surface area contributed by atoms with Crippen molar-refractivity contribution in [3.05, 3.63) is 18.7 Å². The lowest BCUT2D eigenvalue weighted by Crippen LogP contribution is -2.24. The van der Waals surface area contributed by atoms with Gasteiger partial charge in [0.25, 0.3) is 0 Å². The van der Waals surface area contributed by atoms with Gasteiger partial charge in [0.2, 0.25) is 6.33 Å². The van der Waals surface area contributed by atoms with Crippen molar-refractivity contribution < 1.29 is 14.0 Å². The molecule has 0 amide bonds. The van der Waals surface area contributed by atoms with Crippen LogP contribution in [0.25, 0.3) is 0 Å². The fourth-order valence-corrected chi connectivity index (χ4v) is 1.27. The molecule has 0 spiro atoms. The van der Waals surface area contributed by atoms with Crippen molar-refractivity contribution in [2.24, 2.45) is 7.05 Å². The van der Waals surface area contributed by atoms with E-state index < -0.39 is 0 Å². The minimum atomic E-state index is 0.688. The van der Waals surface area contributed by atoms with E-state index in [1.807, 2.05) is 30.3 Å². The predicted octanol–water partition coefficient (Wildman–Crippen LogP) is 0.756. The molecule has 0 aliphatic carbocycles. The molecular formula is C11H21N2O2+. The van der Waals surface area contributed by atoms with Crippen LogP contribution in [0.5, 0.6) is 0 Å². The maximum atomic E-state index is 5.44. The highest BCUT2D eigenvalue weighted by Gasteiger charge is 1.98. The maximum absolute atomic E-state index is 5.44. The number of nitrogens with zero attached hydrogens (tertiary/aromatic N) is 2. The summed E-state index contributed by atoms with van der Waals surface area (Å²) in [6.45, 7) is 5.96. The van der Waals surface area contributed by atoms with Crippen molar-refractivity contribution >= 4 is 0 Å². The van der Waals surface area contributed by atoms with Crippen LogP contribution in [0.15, 0.2) is 18.7 Å². The summed E-state index contributed by atoms with van der Waals surface area (Å²) in [6, 6.07) is 0. The van der Waals surface area contributed by atoms with Gasteiger partial charge in [-0.15, -0.1) is 0 Å². The van der Waals surface area contributed by atoms with E-state index in [0.717, 1.165) is 26.2 Å². The van der Waals surface area contributed by atoms with Gasteiger partial charge in [-0.2, -0.15) is 0 Å². The van der Waals surface area contributed by atoms with Gasteiger partial charge in [-0.3, -0.25) is 0 Å². The van der Waals surface area contributed by atoms with Crippen molar-refractivity contribution in [2.45, 2.75) is 19.9 Å². The van der Waals surface area contributed by atoms with Crippen LogP contribution in [-0.2, 0) is 23.1 Å². The van der Waals surface area contributed by atoms with Crippen LogP contribution in [0.2, 0.25) is 0 Å². The van der Waals surface area contributed by atoms with Gasteiger partial charge >= 0.3 is 0 Å². The molecule has 1 aromatic rings. The Balaban J connectivity index is 1.93. The second-order valence-corrected chi connectivity index (χ2v) is 3.54. The quantitative estimate of drug-likeness (QED) is 0.471. The molecular weight excluding hydrogens is 192 g/mol. The number of hydrogen-bond acceptors (Lipinski definition) is 2. The molecule has 0 aromatic carbocycles. The van der Waals surface area contributed by atoms with E-state index in [0.29, 0.717) is 13.2 Å². The molecule has 0 N–H and O–H groups in total. The fraction of sp³-hybridized carbons (Fsp3) is 0.727.